The number of hydrazone groups is 1. The van der Waals surface area contributed by atoms with Gasteiger partial charge in [-0.15, -0.1) is 0 Å². The number of hydrogen-bond donors (Lipinski definition) is 1. The second-order valence-electron chi connectivity index (χ2n) is 6.40. The van der Waals surface area contributed by atoms with Crippen LogP contribution < -0.4 is 10.2 Å². The predicted molar refractivity (Wildman–Crippen MR) is 97.9 cm³/mol. The highest BCUT2D eigenvalue weighted by molar-refractivity contribution is 5.83. The molecule has 0 saturated heterocycles. The third-order valence-electron chi connectivity index (χ3n) is 3.77. The summed E-state index contributed by atoms with van der Waals surface area (Å²) in [6.45, 7) is 5.73. The van der Waals surface area contributed by atoms with E-state index in [4.69, 9.17) is 4.74 Å². The highest BCUT2D eigenvalue weighted by Gasteiger charge is 2.30. The van der Waals surface area contributed by atoms with E-state index in [1.807, 2.05) is 39.0 Å². The number of rotatable bonds is 6. The van der Waals surface area contributed by atoms with Crippen molar-refractivity contribution in [3.63, 3.8) is 0 Å². The van der Waals surface area contributed by atoms with Crippen LogP contribution in [0.4, 0.5) is 13.2 Å². The van der Waals surface area contributed by atoms with Gasteiger partial charge in [-0.2, -0.15) is 18.3 Å². The molecule has 0 aromatic heterocycles. The van der Waals surface area contributed by atoms with Gasteiger partial charge in [0.2, 0.25) is 0 Å². The molecule has 0 heterocycles. The Morgan fingerprint density at radius 2 is 1.96 bits per heavy atom. The van der Waals surface area contributed by atoms with Gasteiger partial charge in [0.25, 0.3) is 5.91 Å². The second kappa shape index (κ2) is 8.70. The van der Waals surface area contributed by atoms with E-state index in [9.17, 15) is 18.0 Å². The number of aryl methyl sites for hydroxylation is 1. The number of carbonyl (C=O) groups excluding carboxylic acids is 1. The Bertz CT molecular complexity index is 830. The molecule has 0 fully saturated rings. The molecule has 1 N–H and O–H groups in total. The van der Waals surface area contributed by atoms with Crippen LogP contribution in [0.15, 0.2) is 47.6 Å². The molecule has 1 amide bonds. The number of amides is 1. The zero-order valence-electron chi connectivity index (χ0n) is 15.3. The van der Waals surface area contributed by atoms with Crippen LogP contribution in [-0.2, 0) is 11.0 Å². The van der Waals surface area contributed by atoms with Gasteiger partial charge in [-0.1, -0.05) is 38.1 Å². The van der Waals surface area contributed by atoms with Crippen molar-refractivity contribution in [1.82, 2.24) is 5.43 Å². The Hall–Kier alpha value is -2.83. The lowest BCUT2D eigenvalue weighted by Crippen LogP contribution is -2.25. The van der Waals surface area contributed by atoms with Crippen molar-refractivity contribution in [3.05, 3.63) is 64.7 Å². The van der Waals surface area contributed by atoms with Gasteiger partial charge < -0.3 is 4.74 Å². The minimum Gasteiger partial charge on any atom is -0.483 e. The number of hydrogen-bond acceptors (Lipinski definition) is 3. The van der Waals surface area contributed by atoms with Crippen LogP contribution in [-0.4, -0.2) is 18.7 Å². The summed E-state index contributed by atoms with van der Waals surface area (Å²) in [5.41, 5.74) is 3.70. The van der Waals surface area contributed by atoms with E-state index in [0.717, 1.165) is 29.5 Å². The number of alkyl halides is 3. The molecule has 0 aliphatic rings. The van der Waals surface area contributed by atoms with Crippen molar-refractivity contribution in [1.29, 1.82) is 0 Å². The topological polar surface area (TPSA) is 50.7 Å². The lowest BCUT2D eigenvalue weighted by Gasteiger charge is -2.14. The molecule has 2 rings (SSSR count). The summed E-state index contributed by atoms with van der Waals surface area (Å²) in [6.07, 6.45) is -3.28. The van der Waals surface area contributed by atoms with Crippen LogP contribution in [0.2, 0.25) is 0 Å². The SMILES string of the molecule is Cc1ccc(C(C)C)c(OCC(=O)NN=Cc2cccc(C(F)(F)F)c2)c1. The second-order valence-corrected chi connectivity index (χ2v) is 6.40. The van der Waals surface area contributed by atoms with Crippen LogP contribution in [0.25, 0.3) is 0 Å². The molecular formula is C20H21F3N2O2. The molecular weight excluding hydrogens is 357 g/mol. The molecule has 2 aromatic rings. The summed E-state index contributed by atoms with van der Waals surface area (Å²) >= 11 is 0. The van der Waals surface area contributed by atoms with Crippen LogP contribution >= 0.6 is 0 Å². The van der Waals surface area contributed by atoms with E-state index >= 15 is 0 Å². The lowest BCUT2D eigenvalue weighted by atomic mass is 10.0. The monoisotopic (exact) mass is 378 g/mol. The van der Waals surface area contributed by atoms with E-state index in [0.29, 0.717) is 5.75 Å². The first-order chi connectivity index (χ1) is 12.7. The third kappa shape index (κ3) is 6.13. The molecule has 2 aromatic carbocycles. The Kier molecular flexibility index (Phi) is 6.60. The number of nitrogens with one attached hydrogen (secondary N) is 1. The fraction of sp³-hybridized carbons (Fsp3) is 0.300. The fourth-order valence-electron chi connectivity index (χ4n) is 2.39. The number of nitrogens with zero attached hydrogens (tertiary/aromatic N) is 1. The Balaban J connectivity index is 1.94. The van der Waals surface area contributed by atoms with E-state index in [1.54, 1.807) is 0 Å². The van der Waals surface area contributed by atoms with E-state index in [-0.39, 0.29) is 18.1 Å². The summed E-state index contributed by atoms with van der Waals surface area (Å²) in [5.74, 6) is 0.360. The molecule has 4 nitrogen and oxygen atoms in total. The Labute approximate surface area is 156 Å². The maximum atomic E-state index is 12.7. The number of halogens is 3. The number of benzene rings is 2. The summed E-state index contributed by atoms with van der Waals surface area (Å²) in [6, 6.07) is 10.4. The van der Waals surface area contributed by atoms with Crippen molar-refractivity contribution in [2.45, 2.75) is 32.9 Å². The van der Waals surface area contributed by atoms with Crippen molar-refractivity contribution >= 4 is 12.1 Å². The molecule has 0 saturated carbocycles. The Morgan fingerprint density at radius 1 is 1.22 bits per heavy atom. The van der Waals surface area contributed by atoms with Crippen LogP contribution in [0.1, 0.15) is 42.0 Å². The van der Waals surface area contributed by atoms with Gasteiger partial charge >= 0.3 is 6.18 Å². The largest absolute Gasteiger partial charge is 0.483 e. The first-order valence-electron chi connectivity index (χ1n) is 8.39. The average Bonchev–Trinajstić information content (AvgIpc) is 2.59. The maximum Gasteiger partial charge on any atom is 0.416 e. The molecule has 7 heteroatoms. The first-order valence-corrected chi connectivity index (χ1v) is 8.39. The molecule has 0 atom stereocenters. The van der Waals surface area contributed by atoms with Crippen molar-refractivity contribution in [3.8, 4) is 5.75 Å². The summed E-state index contributed by atoms with van der Waals surface area (Å²) in [4.78, 5) is 11.9. The molecule has 0 bridgehead atoms. The van der Waals surface area contributed by atoms with Gasteiger partial charge in [0.05, 0.1) is 11.8 Å². The van der Waals surface area contributed by atoms with Gasteiger partial charge in [-0.3, -0.25) is 4.79 Å². The molecule has 0 aliphatic heterocycles. The summed E-state index contributed by atoms with van der Waals surface area (Å²) < 4.78 is 43.6. The maximum absolute atomic E-state index is 12.7. The third-order valence-corrected chi connectivity index (χ3v) is 3.77. The van der Waals surface area contributed by atoms with Crippen molar-refractivity contribution < 1.29 is 22.7 Å². The average molecular weight is 378 g/mol. The van der Waals surface area contributed by atoms with E-state index in [2.05, 4.69) is 10.5 Å². The van der Waals surface area contributed by atoms with Gasteiger partial charge in [-0.05, 0) is 47.7 Å². The standard InChI is InChI=1S/C20H21F3N2O2/c1-13(2)17-8-7-14(3)9-18(17)27-12-19(26)25-24-11-15-5-4-6-16(10-15)20(21,22)23/h4-11,13H,12H2,1-3H3,(H,25,26). The summed E-state index contributed by atoms with van der Waals surface area (Å²) in [5, 5.41) is 3.68. The van der Waals surface area contributed by atoms with Crippen LogP contribution in [0.5, 0.6) is 5.75 Å². The minimum atomic E-state index is -4.43. The van der Waals surface area contributed by atoms with Gasteiger partial charge in [0, 0.05) is 0 Å². The number of carbonyl (C=O) groups is 1. The molecule has 0 aliphatic carbocycles. The van der Waals surface area contributed by atoms with Gasteiger partial charge in [0.15, 0.2) is 6.61 Å². The zero-order chi connectivity index (χ0) is 20.0. The van der Waals surface area contributed by atoms with Crippen LogP contribution in [0.3, 0.4) is 0 Å². The number of ether oxygens (including phenoxy) is 1. The lowest BCUT2D eigenvalue weighted by molar-refractivity contribution is -0.137. The van der Waals surface area contributed by atoms with Crippen molar-refractivity contribution in [2.75, 3.05) is 6.61 Å². The zero-order valence-corrected chi connectivity index (χ0v) is 15.3. The van der Waals surface area contributed by atoms with Crippen molar-refractivity contribution in [2.24, 2.45) is 5.10 Å². The van der Waals surface area contributed by atoms with Gasteiger partial charge in [-0.25, -0.2) is 5.43 Å². The molecule has 0 unspecified atom stereocenters. The predicted octanol–water partition coefficient (Wildman–Crippen LogP) is 4.67. The molecule has 27 heavy (non-hydrogen) atoms. The summed E-state index contributed by atoms with van der Waals surface area (Å²) in [7, 11) is 0. The molecule has 144 valence electrons. The highest BCUT2D eigenvalue weighted by Crippen LogP contribution is 2.29. The fourth-order valence-corrected chi connectivity index (χ4v) is 2.39. The first kappa shape index (κ1) is 20.5. The molecule has 0 spiro atoms. The highest BCUT2D eigenvalue weighted by atomic mass is 19.4. The Morgan fingerprint density at radius 3 is 2.63 bits per heavy atom. The minimum absolute atomic E-state index is 0.229. The quantitative estimate of drug-likeness (QED) is 0.587. The van der Waals surface area contributed by atoms with E-state index < -0.39 is 17.6 Å². The molecule has 0 radical (unpaired) electrons. The van der Waals surface area contributed by atoms with Gasteiger partial charge in [0.1, 0.15) is 5.75 Å². The van der Waals surface area contributed by atoms with E-state index in [1.165, 1.54) is 12.1 Å². The normalized spacial score (nSPS) is 11.8. The smallest absolute Gasteiger partial charge is 0.416 e. The van der Waals surface area contributed by atoms with Crippen LogP contribution in [0, 0.1) is 6.92 Å².